The van der Waals surface area contributed by atoms with Crippen LogP contribution in [0.3, 0.4) is 0 Å². The Morgan fingerprint density at radius 1 is 0.952 bits per heavy atom. The second-order valence-electron chi connectivity index (χ2n) is 10.1. The molecule has 4 aromatic rings. The van der Waals surface area contributed by atoms with E-state index >= 15 is 0 Å². The fourth-order valence-corrected chi connectivity index (χ4v) is 5.69. The first kappa shape index (κ1) is 28.7. The standard InChI is InChI=1S/C32H31N5O4S/c1-4-26(31(40)33-22-14-16-23(17-15-22)35(2)3)36(18-28-34-25(20-42-28)21-10-6-5-7-11-21)29(38)19-37-27-13-9-8-12-24(27)30(39)32(37)41/h5-17,20,26H,4,18-19H2,1-3H3,(H,33,40). The van der Waals surface area contributed by atoms with Crippen molar-refractivity contribution in [1.29, 1.82) is 0 Å². The molecule has 1 unspecified atom stereocenters. The van der Waals surface area contributed by atoms with Gasteiger partial charge in [-0.1, -0.05) is 49.4 Å². The molecule has 0 spiro atoms. The van der Waals surface area contributed by atoms with Crippen molar-refractivity contribution < 1.29 is 19.2 Å². The molecule has 0 saturated carbocycles. The molecule has 1 aromatic heterocycles. The minimum Gasteiger partial charge on any atom is -0.378 e. The first-order valence-corrected chi connectivity index (χ1v) is 14.5. The summed E-state index contributed by atoms with van der Waals surface area (Å²) in [5.74, 6) is -2.23. The molecule has 3 amide bonds. The maximum atomic E-state index is 13.9. The van der Waals surface area contributed by atoms with E-state index in [1.165, 1.54) is 21.1 Å². The van der Waals surface area contributed by atoms with E-state index in [1.54, 1.807) is 24.3 Å². The number of Topliss-reactive ketones (excluding diaryl/α,β-unsaturated/α-hetero) is 1. The smallest absolute Gasteiger partial charge is 0.299 e. The van der Waals surface area contributed by atoms with Gasteiger partial charge in [-0.25, -0.2) is 4.98 Å². The molecule has 5 rings (SSSR count). The van der Waals surface area contributed by atoms with E-state index in [9.17, 15) is 19.2 Å². The fourth-order valence-electron chi connectivity index (χ4n) is 4.89. The lowest BCUT2D eigenvalue weighted by Crippen LogP contribution is -2.50. The van der Waals surface area contributed by atoms with Gasteiger partial charge < -0.3 is 15.1 Å². The summed E-state index contributed by atoms with van der Waals surface area (Å²) in [4.78, 5) is 62.3. The molecule has 0 aliphatic carbocycles. The molecular formula is C32H31N5O4S. The average molecular weight is 582 g/mol. The highest BCUT2D eigenvalue weighted by Crippen LogP contribution is 2.29. The monoisotopic (exact) mass is 581 g/mol. The van der Waals surface area contributed by atoms with Gasteiger partial charge in [0.25, 0.3) is 11.7 Å². The number of hydrogen-bond donors (Lipinski definition) is 1. The van der Waals surface area contributed by atoms with E-state index in [-0.39, 0.29) is 24.6 Å². The Labute approximate surface area is 248 Å². The number of rotatable bonds is 10. The van der Waals surface area contributed by atoms with Crippen LogP contribution >= 0.6 is 11.3 Å². The molecule has 214 valence electrons. The summed E-state index contributed by atoms with van der Waals surface area (Å²) >= 11 is 1.39. The van der Waals surface area contributed by atoms with Gasteiger partial charge in [0.2, 0.25) is 11.8 Å². The Hall–Kier alpha value is -4.83. The van der Waals surface area contributed by atoms with Crippen molar-refractivity contribution in [2.75, 3.05) is 35.8 Å². The van der Waals surface area contributed by atoms with Crippen LogP contribution in [0, 0.1) is 0 Å². The third-order valence-electron chi connectivity index (χ3n) is 7.14. The van der Waals surface area contributed by atoms with Gasteiger partial charge in [0.1, 0.15) is 17.6 Å². The van der Waals surface area contributed by atoms with Crippen LogP contribution in [0.1, 0.15) is 28.7 Å². The zero-order valence-corrected chi connectivity index (χ0v) is 24.4. The molecule has 2 heterocycles. The predicted molar refractivity (Wildman–Crippen MR) is 165 cm³/mol. The Balaban J connectivity index is 1.42. The van der Waals surface area contributed by atoms with Gasteiger partial charge in [-0.15, -0.1) is 11.3 Å². The van der Waals surface area contributed by atoms with Crippen molar-refractivity contribution in [2.24, 2.45) is 0 Å². The van der Waals surface area contributed by atoms with Crippen molar-refractivity contribution in [3.8, 4) is 11.3 Å². The van der Waals surface area contributed by atoms with Crippen LogP contribution in [0.25, 0.3) is 11.3 Å². The lowest BCUT2D eigenvalue weighted by Gasteiger charge is -2.31. The highest BCUT2D eigenvalue weighted by Gasteiger charge is 2.39. The fraction of sp³-hybridized carbons (Fsp3) is 0.219. The molecule has 0 fully saturated rings. The first-order chi connectivity index (χ1) is 20.3. The number of ketones is 1. The second kappa shape index (κ2) is 12.4. The highest BCUT2D eigenvalue weighted by molar-refractivity contribution is 7.09. The van der Waals surface area contributed by atoms with Crippen molar-refractivity contribution in [3.05, 3.63) is 94.8 Å². The van der Waals surface area contributed by atoms with Crippen LogP contribution in [0.15, 0.2) is 84.2 Å². The normalized spacial score (nSPS) is 13.1. The number of fused-ring (bicyclic) bond motifs is 1. The second-order valence-corrected chi connectivity index (χ2v) is 11.0. The summed E-state index contributed by atoms with van der Waals surface area (Å²) in [7, 11) is 3.87. The van der Waals surface area contributed by atoms with E-state index in [4.69, 9.17) is 4.98 Å². The van der Waals surface area contributed by atoms with Gasteiger partial charge in [-0.3, -0.25) is 24.1 Å². The van der Waals surface area contributed by atoms with Crippen molar-refractivity contribution >= 4 is 51.9 Å². The highest BCUT2D eigenvalue weighted by atomic mass is 32.1. The zero-order chi connectivity index (χ0) is 29.8. The minimum atomic E-state index is -0.848. The Morgan fingerprint density at radius 2 is 1.64 bits per heavy atom. The Kier molecular flexibility index (Phi) is 8.44. The van der Waals surface area contributed by atoms with Gasteiger partial charge in [0.05, 0.1) is 23.5 Å². The number of nitrogens with one attached hydrogen (secondary N) is 1. The summed E-state index contributed by atoms with van der Waals surface area (Å²) in [5, 5.41) is 5.50. The molecule has 42 heavy (non-hydrogen) atoms. The van der Waals surface area contributed by atoms with Crippen LogP contribution in [0.2, 0.25) is 0 Å². The van der Waals surface area contributed by atoms with Crippen LogP contribution in [-0.2, 0) is 20.9 Å². The number of aromatic nitrogens is 1. The van der Waals surface area contributed by atoms with Gasteiger partial charge in [-0.2, -0.15) is 0 Å². The molecule has 3 aromatic carbocycles. The van der Waals surface area contributed by atoms with E-state index in [0.29, 0.717) is 22.8 Å². The van der Waals surface area contributed by atoms with Gasteiger partial charge >= 0.3 is 0 Å². The maximum absolute atomic E-state index is 13.9. The maximum Gasteiger partial charge on any atom is 0.299 e. The molecule has 0 bridgehead atoms. The molecule has 0 radical (unpaired) electrons. The van der Waals surface area contributed by atoms with Crippen molar-refractivity contribution in [1.82, 2.24) is 9.88 Å². The van der Waals surface area contributed by atoms with Gasteiger partial charge in [0.15, 0.2) is 0 Å². The summed E-state index contributed by atoms with van der Waals surface area (Å²) in [5.41, 5.74) is 3.96. The van der Waals surface area contributed by atoms with Crippen LogP contribution < -0.4 is 15.1 Å². The van der Waals surface area contributed by atoms with E-state index in [0.717, 1.165) is 16.9 Å². The van der Waals surface area contributed by atoms with Gasteiger partial charge in [0, 0.05) is 36.4 Å². The Bertz CT molecular complexity index is 1620. The molecule has 0 saturated heterocycles. The number of hydrogen-bond acceptors (Lipinski definition) is 7. The number of nitrogens with zero attached hydrogens (tertiary/aromatic N) is 4. The molecule has 1 atom stereocenters. The van der Waals surface area contributed by atoms with Crippen LogP contribution in [0.5, 0.6) is 0 Å². The summed E-state index contributed by atoms with van der Waals surface area (Å²) in [6, 6.07) is 22.9. The predicted octanol–water partition coefficient (Wildman–Crippen LogP) is 4.85. The van der Waals surface area contributed by atoms with Crippen molar-refractivity contribution in [3.63, 3.8) is 0 Å². The van der Waals surface area contributed by atoms with Crippen LogP contribution in [-0.4, -0.2) is 60.1 Å². The number of carbonyl (C=O) groups is 4. The Morgan fingerprint density at radius 3 is 2.33 bits per heavy atom. The third-order valence-corrected chi connectivity index (χ3v) is 7.97. The lowest BCUT2D eigenvalue weighted by atomic mass is 10.1. The number of benzene rings is 3. The topological polar surface area (TPSA) is 103 Å². The molecule has 10 heteroatoms. The van der Waals surface area contributed by atoms with E-state index < -0.39 is 23.6 Å². The summed E-state index contributed by atoms with van der Waals surface area (Å²) in [6.45, 7) is 1.52. The SMILES string of the molecule is CCC(C(=O)Nc1ccc(N(C)C)cc1)N(Cc1nc(-c2ccccc2)cs1)C(=O)CN1C(=O)C(=O)c2ccccc21. The molecular weight excluding hydrogens is 550 g/mol. The molecule has 9 nitrogen and oxygen atoms in total. The van der Waals surface area contributed by atoms with E-state index in [1.807, 2.05) is 85.9 Å². The lowest BCUT2D eigenvalue weighted by molar-refractivity contribution is -0.138. The zero-order valence-electron chi connectivity index (χ0n) is 23.6. The van der Waals surface area contributed by atoms with Crippen molar-refractivity contribution in [2.45, 2.75) is 25.9 Å². The summed E-state index contributed by atoms with van der Waals surface area (Å²) < 4.78 is 0. The molecule has 1 N–H and O–H groups in total. The first-order valence-electron chi connectivity index (χ1n) is 13.6. The quantitative estimate of drug-likeness (QED) is 0.269. The number of thiazole rings is 1. The molecule has 1 aliphatic rings. The third kappa shape index (κ3) is 5.94. The number of amides is 3. The number of carbonyl (C=O) groups excluding carboxylic acids is 4. The summed E-state index contributed by atoms with van der Waals surface area (Å²) in [6.07, 6.45) is 0.327. The minimum absolute atomic E-state index is 0.0689. The molecule has 1 aliphatic heterocycles. The van der Waals surface area contributed by atoms with Crippen LogP contribution in [0.4, 0.5) is 17.1 Å². The number of anilines is 3. The number of para-hydroxylation sites is 1. The largest absolute Gasteiger partial charge is 0.378 e. The van der Waals surface area contributed by atoms with E-state index in [2.05, 4.69) is 5.32 Å². The average Bonchev–Trinajstić information content (AvgIpc) is 3.56. The van der Waals surface area contributed by atoms with Gasteiger partial charge in [-0.05, 0) is 42.8 Å².